The number of anilines is 1. The van der Waals surface area contributed by atoms with E-state index in [0.717, 1.165) is 19.3 Å². The Bertz CT molecular complexity index is 965. The Hall–Kier alpha value is -2.80. The highest BCUT2D eigenvalue weighted by Crippen LogP contribution is 2.21. The molecule has 7 heteroatoms. The molecular weight excluding hydrogens is 388 g/mol. The van der Waals surface area contributed by atoms with Crippen LogP contribution in [0.15, 0.2) is 65.1 Å². The molecule has 0 spiro atoms. The molecule has 1 aliphatic carbocycles. The summed E-state index contributed by atoms with van der Waals surface area (Å²) in [5.74, 6) is 0.441. The molecule has 0 heterocycles. The molecule has 0 atom stereocenters. The first-order valence-corrected chi connectivity index (χ1v) is 11.2. The van der Waals surface area contributed by atoms with E-state index in [2.05, 4.69) is 16.1 Å². The number of allylic oxidation sites excluding steroid dienone is 1. The minimum Gasteiger partial charge on any atom is -0.497 e. The summed E-state index contributed by atoms with van der Waals surface area (Å²) in [7, 11) is -2.19. The zero-order valence-corrected chi connectivity index (χ0v) is 17.3. The van der Waals surface area contributed by atoms with Crippen LogP contribution in [-0.4, -0.2) is 28.0 Å². The Morgan fingerprint density at radius 2 is 1.76 bits per heavy atom. The zero-order valence-electron chi connectivity index (χ0n) is 16.5. The van der Waals surface area contributed by atoms with Gasteiger partial charge in [0.15, 0.2) is 0 Å². The number of benzene rings is 2. The number of rotatable bonds is 8. The number of ether oxygens (including phenoxy) is 1. The first kappa shape index (κ1) is 20.9. The largest absolute Gasteiger partial charge is 0.497 e. The molecular formula is C22H26N2O4S. The van der Waals surface area contributed by atoms with E-state index < -0.39 is 10.0 Å². The number of hydrogen-bond acceptors (Lipinski definition) is 4. The maximum atomic E-state index is 12.5. The van der Waals surface area contributed by atoms with Crippen molar-refractivity contribution in [1.82, 2.24) is 5.32 Å². The third kappa shape index (κ3) is 5.84. The summed E-state index contributed by atoms with van der Waals surface area (Å²) in [6.45, 7) is 0.587. The summed E-state index contributed by atoms with van der Waals surface area (Å²) in [5.41, 5.74) is 2.28. The predicted octanol–water partition coefficient (Wildman–Crippen LogP) is 4.12. The van der Waals surface area contributed by atoms with Gasteiger partial charge in [0.2, 0.25) is 0 Å². The molecule has 0 fully saturated rings. The topological polar surface area (TPSA) is 84.5 Å². The Labute approximate surface area is 172 Å². The van der Waals surface area contributed by atoms with Crippen LogP contribution in [0, 0.1) is 0 Å². The Balaban J connectivity index is 1.57. The maximum Gasteiger partial charge on any atom is 0.261 e. The lowest BCUT2D eigenvalue weighted by atomic mass is 9.97. The van der Waals surface area contributed by atoms with Gasteiger partial charge in [0, 0.05) is 17.8 Å². The van der Waals surface area contributed by atoms with Crippen LogP contribution in [0.1, 0.15) is 42.5 Å². The number of methoxy groups -OCH3 is 1. The van der Waals surface area contributed by atoms with E-state index >= 15 is 0 Å². The van der Waals surface area contributed by atoms with Gasteiger partial charge in [-0.15, -0.1) is 0 Å². The van der Waals surface area contributed by atoms with Gasteiger partial charge in [0.05, 0.1) is 12.0 Å². The second-order valence-corrected chi connectivity index (χ2v) is 8.65. The second-order valence-electron chi connectivity index (χ2n) is 6.97. The van der Waals surface area contributed by atoms with Crippen molar-refractivity contribution in [2.45, 2.75) is 37.0 Å². The molecule has 1 aliphatic rings. The number of nitrogens with one attached hydrogen (secondary N) is 2. The number of sulfonamides is 1. The lowest BCUT2D eigenvalue weighted by Gasteiger charge is -2.13. The van der Waals surface area contributed by atoms with Crippen LogP contribution in [-0.2, 0) is 10.0 Å². The van der Waals surface area contributed by atoms with Crippen LogP contribution in [0.3, 0.4) is 0 Å². The Morgan fingerprint density at radius 1 is 1.03 bits per heavy atom. The first-order valence-electron chi connectivity index (χ1n) is 9.71. The lowest BCUT2D eigenvalue weighted by molar-refractivity contribution is 0.0954. The van der Waals surface area contributed by atoms with Gasteiger partial charge < -0.3 is 10.1 Å². The summed E-state index contributed by atoms with van der Waals surface area (Å²) < 4.78 is 32.6. The monoisotopic (exact) mass is 414 g/mol. The number of carbonyl (C=O) groups is 1. The zero-order chi connectivity index (χ0) is 20.7. The van der Waals surface area contributed by atoms with E-state index in [4.69, 9.17) is 4.74 Å². The smallest absolute Gasteiger partial charge is 0.261 e. The van der Waals surface area contributed by atoms with Crippen LogP contribution >= 0.6 is 0 Å². The lowest BCUT2D eigenvalue weighted by Crippen LogP contribution is -2.25. The Morgan fingerprint density at radius 3 is 2.38 bits per heavy atom. The van der Waals surface area contributed by atoms with Gasteiger partial charge in [-0.25, -0.2) is 8.42 Å². The van der Waals surface area contributed by atoms with E-state index in [1.807, 2.05) is 0 Å². The minimum atomic E-state index is -3.74. The van der Waals surface area contributed by atoms with Gasteiger partial charge in [0.25, 0.3) is 15.9 Å². The Kier molecular flexibility index (Phi) is 6.93. The first-order chi connectivity index (χ1) is 14.0. The van der Waals surface area contributed by atoms with E-state index in [1.54, 1.807) is 31.4 Å². The molecule has 0 saturated heterocycles. The van der Waals surface area contributed by atoms with E-state index in [-0.39, 0.29) is 10.8 Å². The minimum absolute atomic E-state index is 0.0947. The quantitative estimate of drug-likeness (QED) is 0.637. The molecule has 2 aromatic carbocycles. The van der Waals surface area contributed by atoms with E-state index in [1.165, 1.54) is 42.7 Å². The normalized spacial score (nSPS) is 14.0. The molecule has 6 nitrogen and oxygen atoms in total. The second kappa shape index (κ2) is 9.60. The average Bonchev–Trinajstić information content (AvgIpc) is 2.75. The molecule has 3 rings (SSSR count). The van der Waals surface area contributed by atoms with Crippen molar-refractivity contribution in [3.8, 4) is 5.75 Å². The molecule has 0 bridgehead atoms. The summed E-state index contributed by atoms with van der Waals surface area (Å²) in [5, 5.41) is 2.90. The van der Waals surface area contributed by atoms with Crippen molar-refractivity contribution < 1.29 is 17.9 Å². The number of amides is 1. The van der Waals surface area contributed by atoms with Gasteiger partial charge in [-0.05, 0) is 80.6 Å². The third-order valence-electron chi connectivity index (χ3n) is 4.89. The fourth-order valence-electron chi connectivity index (χ4n) is 3.23. The summed E-state index contributed by atoms with van der Waals surface area (Å²) in [6.07, 6.45) is 7.85. The van der Waals surface area contributed by atoms with Gasteiger partial charge in [0.1, 0.15) is 5.75 Å². The van der Waals surface area contributed by atoms with E-state index in [0.29, 0.717) is 23.5 Å². The van der Waals surface area contributed by atoms with Gasteiger partial charge in [-0.2, -0.15) is 0 Å². The van der Waals surface area contributed by atoms with Crippen LogP contribution in [0.5, 0.6) is 5.75 Å². The van der Waals surface area contributed by atoms with Crippen molar-refractivity contribution in [3.63, 3.8) is 0 Å². The molecule has 0 aromatic heterocycles. The van der Waals surface area contributed by atoms with Crippen LogP contribution in [0.4, 0.5) is 5.69 Å². The fraction of sp³-hybridized carbons (Fsp3) is 0.318. The molecule has 0 aliphatic heterocycles. The highest BCUT2D eigenvalue weighted by atomic mass is 32.2. The molecule has 2 aromatic rings. The highest BCUT2D eigenvalue weighted by molar-refractivity contribution is 7.92. The number of hydrogen-bond donors (Lipinski definition) is 2. The third-order valence-corrected chi connectivity index (χ3v) is 6.28. The molecule has 2 N–H and O–H groups in total. The molecule has 0 saturated carbocycles. The highest BCUT2D eigenvalue weighted by Gasteiger charge is 2.15. The summed E-state index contributed by atoms with van der Waals surface area (Å²) in [6, 6.07) is 12.5. The van der Waals surface area contributed by atoms with Crippen molar-refractivity contribution >= 4 is 21.6 Å². The summed E-state index contributed by atoms with van der Waals surface area (Å²) in [4.78, 5) is 12.4. The van der Waals surface area contributed by atoms with Crippen LogP contribution in [0.25, 0.3) is 0 Å². The number of carbonyl (C=O) groups excluding carboxylic acids is 1. The predicted molar refractivity (Wildman–Crippen MR) is 114 cm³/mol. The van der Waals surface area contributed by atoms with Gasteiger partial charge >= 0.3 is 0 Å². The fourth-order valence-corrected chi connectivity index (χ4v) is 4.29. The van der Waals surface area contributed by atoms with Crippen molar-refractivity contribution in [2.24, 2.45) is 0 Å². The molecule has 29 heavy (non-hydrogen) atoms. The molecule has 1 amide bonds. The molecule has 0 radical (unpaired) electrons. The maximum absolute atomic E-state index is 12.5. The SMILES string of the molecule is COc1ccc(NS(=O)(=O)c2ccc(C(=O)NCCC3=CCCCC3)cc2)cc1. The van der Waals surface area contributed by atoms with Crippen molar-refractivity contribution in [2.75, 3.05) is 18.4 Å². The van der Waals surface area contributed by atoms with Crippen molar-refractivity contribution in [3.05, 3.63) is 65.7 Å². The summed E-state index contributed by atoms with van der Waals surface area (Å²) >= 11 is 0. The van der Waals surface area contributed by atoms with Gasteiger partial charge in [-0.1, -0.05) is 11.6 Å². The van der Waals surface area contributed by atoms with Crippen LogP contribution in [0.2, 0.25) is 0 Å². The standard InChI is InChI=1S/C22H26N2O4S/c1-28-20-11-9-19(10-12-20)24-29(26,27)21-13-7-18(8-14-21)22(25)23-16-15-17-5-3-2-4-6-17/h5,7-14,24H,2-4,6,15-16H2,1H3,(H,23,25). The van der Waals surface area contributed by atoms with Crippen molar-refractivity contribution in [1.29, 1.82) is 0 Å². The average molecular weight is 415 g/mol. The van der Waals surface area contributed by atoms with Gasteiger partial charge in [-0.3, -0.25) is 9.52 Å². The van der Waals surface area contributed by atoms with E-state index in [9.17, 15) is 13.2 Å². The molecule has 154 valence electrons. The van der Waals surface area contributed by atoms with Crippen LogP contribution < -0.4 is 14.8 Å². The molecule has 0 unspecified atom stereocenters.